The van der Waals surface area contributed by atoms with Gasteiger partial charge in [-0.15, -0.1) is 0 Å². The number of benzene rings is 1. The van der Waals surface area contributed by atoms with Crippen molar-refractivity contribution < 1.29 is 15.0 Å². The third-order valence-electron chi connectivity index (χ3n) is 1.79. The van der Waals surface area contributed by atoms with Crippen molar-refractivity contribution in [2.24, 2.45) is 0 Å². The molecular weight excluding hydrogens is 182 g/mol. The lowest BCUT2D eigenvalue weighted by atomic mass is 10.2. The van der Waals surface area contributed by atoms with Crippen molar-refractivity contribution in [1.82, 2.24) is 0 Å². The Kier molecular flexibility index (Phi) is 3.62. The molecule has 1 atom stereocenters. The van der Waals surface area contributed by atoms with Crippen LogP contribution < -0.4 is 5.32 Å². The summed E-state index contributed by atoms with van der Waals surface area (Å²) in [4.78, 5) is 11.1. The second-order valence-electron chi connectivity index (χ2n) is 3.05. The summed E-state index contributed by atoms with van der Waals surface area (Å²) in [5.41, 5.74) is 1.69. The number of amides is 1. The Morgan fingerprint density at radius 2 is 2.00 bits per heavy atom. The third kappa shape index (κ3) is 2.83. The van der Waals surface area contributed by atoms with E-state index in [4.69, 9.17) is 10.2 Å². The molecule has 4 heteroatoms. The number of rotatable bonds is 3. The predicted octanol–water partition coefficient (Wildman–Crippen LogP) is 0.287. The van der Waals surface area contributed by atoms with Gasteiger partial charge in [-0.2, -0.15) is 0 Å². The zero-order valence-electron chi connectivity index (χ0n) is 7.90. The maximum absolute atomic E-state index is 11.1. The highest BCUT2D eigenvalue weighted by atomic mass is 16.3. The summed E-state index contributed by atoms with van der Waals surface area (Å²) in [5.74, 6) is -0.601. The van der Waals surface area contributed by atoms with Crippen LogP contribution in [0.1, 0.15) is 5.56 Å². The van der Waals surface area contributed by atoms with Crippen molar-refractivity contribution in [3.05, 3.63) is 29.8 Å². The first-order valence-corrected chi connectivity index (χ1v) is 4.30. The number of aliphatic hydroxyl groups is 2. The van der Waals surface area contributed by atoms with E-state index in [-0.39, 0.29) is 0 Å². The minimum absolute atomic E-state index is 0.572. The summed E-state index contributed by atoms with van der Waals surface area (Å²) in [6.45, 7) is 1.37. The normalized spacial score (nSPS) is 12.2. The highest BCUT2D eigenvalue weighted by Gasteiger charge is 2.12. The van der Waals surface area contributed by atoms with Gasteiger partial charge >= 0.3 is 0 Å². The van der Waals surface area contributed by atoms with E-state index in [1.165, 1.54) is 0 Å². The lowest BCUT2D eigenvalue weighted by molar-refractivity contribution is -0.125. The van der Waals surface area contributed by atoms with Gasteiger partial charge in [0.1, 0.15) is 0 Å². The number of hydrogen-bond donors (Lipinski definition) is 3. The molecule has 1 aromatic carbocycles. The zero-order valence-corrected chi connectivity index (χ0v) is 7.90. The number of aliphatic hydroxyl groups excluding tert-OH is 2. The predicted molar refractivity (Wildman–Crippen MR) is 52.9 cm³/mol. The summed E-state index contributed by atoms with van der Waals surface area (Å²) < 4.78 is 0. The topological polar surface area (TPSA) is 69.6 Å². The molecule has 0 saturated carbocycles. The van der Waals surface area contributed by atoms with Crippen molar-refractivity contribution in [3.8, 4) is 0 Å². The molecular formula is C10H13NO3. The maximum Gasteiger partial charge on any atom is 0.255 e. The van der Waals surface area contributed by atoms with E-state index < -0.39 is 18.6 Å². The van der Waals surface area contributed by atoms with Crippen LogP contribution in [0.2, 0.25) is 0 Å². The quantitative estimate of drug-likeness (QED) is 0.649. The Labute approximate surface area is 82.2 Å². The first kappa shape index (κ1) is 10.7. The van der Waals surface area contributed by atoms with Gasteiger partial charge < -0.3 is 15.5 Å². The van der Waals surface area contributed by atoms with Gasteiger partial charge in [-0.25, -0.2) is 0 Å². The third-order valence-corrected chi connectivity index (χ3v) is 1.79. The van der Waals surface area contributed by atoms with E-state index in [1.54, 1.807) is 12.1 Å². The fourth-order valence-corrected chi connectivity index (χ4v) is 0.945. The van der Waals surface area contributed by atoms with Crippen molar-refractivity contribution in [1.29, 1.82) is 0 Å². The zero-order chi connectivity index (χ0) is 10.6. The second-order valence-corrected chi connectivity index (χ2v) is 3.05. The fourth-order valence-electron chi connectivity index (χ4n) is 0.945. The molecule has 0 radical (unpaired) electrons. The average molecular weight is 195 g/mol. The number of hydrogen-bond acceptors (Lipinski definition) is 3. The van der Waals surface area contributed by atoms with Crippen LogP contribution in [0.25, 0.3) is 0 Å². The highest BCUT2D eigenvalue weighted by molar-refractivity contribution is 5.94. The Morgan fingerprint density at radius 1 is 1.43 bits per heavy atom. The smallest absolute Gasteiger partial charge is 0.255 e. The summed E-state index contributed by atoms with van der Waals surface area (Å²) in [5, 5.41) is 20.0. The largest absolute Gasteiger partial charge is 0.393 e. The van der Waals surface area contributed by atoms with E-state index in [1.807, 2.05) is 19.1 Å². The molecule has 3 N–H and O–H groups in total. The molecule has 0 spiro atoms. The fraction of sp³-hybridized carbons (Fsp3) is 0.300. The Bertz CT molecular complexity index is 308. The minimum atomic E-state index is -1.36. The van der Waals surface area contributed by atoms with Crippen LogP contribution in [0, 0.1) is 6.92 Å². The van der Waals surface area contributed by atoms with Gasteiger partial charge in [-0.3, -0.25) is 4.79 Å². The number of aryl methyl sites for hydroxylation is 1. The van der Waals surface area contributed by atoms with Crippen LogP contribution in [0.5, 0.6) is 0 Å². The van der Waals surface area contributed by atoms with E-state index in [9.17, 15) is 4.79 Å². The molecule has 14 heavy (non-hydrogen) atoms. The summed E-state index contributed by atoms with van der Waals surface area (Å²) >= 11 is 0. The van der Waals surface area contributed by atoms with Gasteiger partial charge in [0.2, 0.25) is 0 Å². The molecule has 0 fully saturated rings. The van der Waals surface area contributed by atoms with Gasteiger partial charge in [0.25, 0.3) is 5.91 Å². The molecule has 1 amide bonds. The molecule has 0 aliphatic heterocycles. The molecule has 1 rings (SSSR count). The molecule has 76 valence electrons. The average Bonchev–Trinajstić information content (AvgIpc) is 2.20. The Morgan fingerprint density at radius 3 is 2.50 bits per heavy atom. The van der Waals surface area contributed by atoms with Crippen LogP contribution >= 0.6 is 0 Å². The molecule has 1 aromatic rings. The van der Waals surface area contributed by atoms with Crippen LogP contribution in [0.4, 0.5) is 5.69 Å². The SMILES string of the molecule is Cc1ccc(NC(=O)[C@@H](O)CO)cc1. The van der Waals surface area contributed by atoms with Crippen LogP contribution in [-0.2, 0) is 4.79 Å². The summed E-state index contributed by atoms with van der Waals surface area (Å²) in [6.07, 6.45) is -1.36. The van der Waals surface area contributed by atoms with E-state index in [2.05, 4.69) is 5.32 Å². The molecule has 0 unspecified atom stereocenters. The second kappa shape index (κ2) is 4.74. The van der Waals surface area contributed by atoms with E-state index >= 15 is 0 Å². The van der Waals surface area contributed by atoms with Gasteiger partial charge in [0, 0.05) is 5.69 Å². The van der Waals surface area contributed by atoms with Crippen LogP contribution in [0.3, 0.4) is 0 Å². The highest BCUT2D eigenvalue weighted by Crippen LogP contribution is 2.08. The number of nitrogens with one attached hydrogen (secondary N) is 1. The molecule has 0 aliphatic rings. The lowest BCUT2D eigenvalue weighted by Gasteiger charge is -2.08. The molecule has 4 nitrogen and oxygen atoms in total. The van der Waals surface area contributed by atoms with Crippen LogP contribution in [0.15, 0.2) is 24.3 Å². The Balaban J connectivity index is 2.60. The van der Waals surface area contributed by atoms with Crippen molar-refractivity contribution in [3.63, 3.8) is 0 Å². The molecule has 0 bridgehead atoms. The molecule has 0 saturated heterocycles. The summed E-state index contributed by atoms with van der Waals surface area (Å²) in [7, 11) is 0. The molecule has 0 heterocycles. The maximum atomic E-state index is 11.1. The monoisotopic (exact) mass is 195 g/mol. The molecule has 0 aromatic heterocycles. The van der Waals surface area contributed by atoms with Gasteiger partial charge in [-0.1, -0.05) is 17.7 Å². The van der Waals surface area contributed by atoms with Gasteiger partial charge in [0.15, 0.2) is 6.10 Å². The van der Waals surface area contributed by atoms with Crippen molar-refractivity contribution in [2.75, 3.05) is 11.9 Å². The van der Waals surface area contributed by atoms with Crippen LogP contribution in [-0.4, -0.2) is 28.8 Å². The van der Waals surface area contributed by atoms with Gasteiger partial charge in [0.05, 0.1) is 6.61 Å². The first-order valence-electron chi connectivity index (χ1n) is 4.30. The number of anilines is 1. The summed E-state index contributed by atoms with van der Waals surface area (Å²) in [6, 6.07) is 7.16. The Hall–Kier alpha value is -1.39. The van der Waals surface area contributed by atoms with Gasteiger partial charge in [-0.05, 0) is 19.1 Å². The number of carbonyl (C=O) groups excluding carboxylic acids is 1. The molecule has 0 aliphatic carbocycles. The lowest BCUT2D eigenvalue weighted by Crippen LogP contribution is -2.30. The number of carbonyl (C=O) groups is 1. The van der Waals surface area contributed by atoms with E-state index in [0.29, 0.717) is 5.69 Å². The first-order chi connectivity index (χ1) is 6.63. The van der Waals surface area contributed by atoms with Crippen molar-refractivity contribution in [2.45, 2.75) is 13.0 Å². The van der Waals surface area contributed by atoms with Crippen molar-refractivity contribution >= 4 is 11.6 Å². The minimum Gasteiger partial charge on any atom is -0.393 e. The van der Waals surface area contributed by atoms with E-state index in [0.717, 1.165) is 5.56 Å². The standard InChI is InChI=1S/C10H13NO3/c1-7-2-4-8(5-3-7)11-10(14)9(13)6-12/h2-5,9,12-13H,6H2,1H3,(H,11,14)/t9-/m0/s1.